The minimum Gasteiger partial charge on any atom is -0.508 e. The summed E-state index contributed by atoms with van der Waals surface area (Å²) in [6, 6.07) is 13.2. The fourth-order valence-corrected chi connectivity index (χ4v) is 3.09. The summed E-state index contributed by atoms with van der Waals surface area (Å²) >= 11 is 2.08. The van der Waals surface area contributed by atoms with E-state index in [4.69, 9.17) is 9.84 Å². The van der Waals surface area contributed by atoms with Crippen LogP contribution in [0.1, 0.15) is 41.3 Å². The number of phenolic OH excluding ortho intramolecular Hbond substituents is 1. The van der Waals surface area contributed by atoms with E-state index in [0.717, 1.165) is 9.65 Å². The van der Waals surface area contributed by atoms with Crippen LogP contribution in [0, 0.1) is 3.57 Å². The second kappa shape index (κ2) is 11.2. The molecular weight excluding hydrogens is 489 g/mol. The summed E-state index contributed by atoms with van der Waals surface area (Å²) in [6.45, 7) is 0. The third kappa shape index (κ3) is 7.57. The fourth-order valence-electron chi connectivity index (χ4n) is 2.58. The van der Waals surface area contributed by atoms with E-state index in [1.165, 1.54) is 12.1 Å². The number of allylic oxidation sites excluding steroid dienone is 1. The van der Waals surface area contributed by atoms with Gasteiger partial charge in [-0.3, -0.25) is 10.1 Å². The van der Waals surface area contributed by atoms with E-state index >= 15 is 0 Å². The number of halogens is 1. The number of phenols is 1. The number of alkyl carbamates (subject to hydrolysis) is 1. The zero-order valence-corrected chi connectivity index (χ0v) is 17.5. The van der Waals surface area contributed by atoms with Gasteiger partial charge in [-0.1, -0.05) is 24.3 Å². The molecule has 0 aliphatic heterocycles. The van der Waals surface area contributed by atoms with Crippen LogP contribution in [-0.4, -0.2) is 28.2 Å². The van der Waals surface area contributed by atoms with Crippen molar-refractivity contribution in [3.8, 4) is 5.75 Å². The Kier molecular flexibility index (Phi) is 8.66. The first kappa shape index (κ1) is 22.4. The van der Waals surface area contributed by atoms with Gasteiger partial charge < -0.3 is 14.9 Å². The average molecular weight is 509 g/mol. The fraction of sp³-hybridized carbons (Fsp3) is 0.190. The number of carbonyl (C=O) groups excluding carboxylic acids is 2. The second-order valence-electron chi connectivity index (χ2n) is 6.09. The van der Waals surface area contributed by atoms with Crippen molar-refractivity contribution < 1.29 is 29.3 Å². The summed E-state index contributed by atoms with van der Waals surface area (Å²) in [5.74, 6) is -1.66. The van der Waals surface area contributed by atoms with Crippen LogP contribution >= 0.6 is 22.6 Å². The predicted octanol–water partition coefficient (Wildman–Crippen LogP) is 4.42. The molecule has 0 fully saturated rings. The third-order valence-corrected chi connectivity index (χ3v) is 4.61. The van der Waals surface area contributed by atoms with E-state index < -0.39 is 24.1 Å². The van der Waals surface area contributed by atoms with E-state index in [0.29, 0.717) is 30.4 Å². The quantitative estimate of drug-likeness (QED) is 0.276. The summed E-state index contributed by atoms with van der Waals surface area (Å²) in [5, 5.41) is 21.0. The molecule has 0 saturated carbocycles. The highest BCUT2D eigenvalue weighted by Crippen LogP contribution is 2.32. The van der Waals surface area contributed by atoms with E-state index in [2.05, 4.69) is 27.9 Å². The molecule has 0 aliphatic carbocycles. The Morgan fingerprint density at radius 3 is 2.55 bits per heavy atom. The van der Waals surface area contributed by atoms with Gasteiger partial charge in [0.25, 0.3) is 5.91 Å². The molecule has 2 aromatic carbocycles. The Morgan fingerprint density at radius 1 is 1.14 bits per heavy atom. The summed E-state index contributed by atoms with van der Waals surface area (Å²) < 4.78 is 6.26. The van der Waals surface area contributed by atoms with Gasteiger partial charge in [-0.2, -0.15) is 0 Å². The van der Waals surface area contributed by atoms with Crippen LogP contribution in [0.15, 0.2) is 60.7 Å². The minimum atomic E-state index is -1.04. The van der Waals surface area contributed by atoms with Gasteiger partial charge in [-0.15, -0.1) is 0 Å². The van der Waals surface area contributed by atoms with Crippen molar-refractivity contribution in [1.29, 1.82) is 0 Å². The minimum absolute atomic E-state index is 0.0290. The Balaban J connectivity index is 2.07. The van der Waals surface area contributed by atoms with Crippen LogP contribution in [-0.2, 0) is 9.53 Å². The number of unbranched alkanes of at least 4 members (excludes halogenated alkanes) is 1. The number of amides is 2. The molecule has 152 valence electrons. The van der Waals surface area contributed by atoms with E-state index in [1.54, 1.807) is 42.5 Å². The Bertz CT molecular complexity index is 897. The number of aromatic hydroxyl groups is 1. The number of hydrogen-bond acceptors (Lipinski definition) is 5. The molecule has 0 unspecified atom stereocenters. The largest absolute Gasteiger partial charge is 0.508 e. The maximum absolute atomic E-state index is 12.3. The number of hydrogen-bond donors (Lipinski definition) is 3. The van der Waals surface area contributed by atoms with Gasteiger partial charge in [0.05, 0.1) is 0 Å². The molecule has 2 aromatic rings. The van der Waals surface area contributed by atoms with E-state index in [-0.39, 0.29) is 5.75 Å². The van der Waals surface area contributed by atoms with Crippen LogP contribution in [0.4, 0.5) is 4.79 Å². The molecule has 0 heterocycles. The van der Waals surface area contributed by atoms with Crippen molar-refractivity contribution in [3.63, 3.8) is 0 Å². The SMILES string of the molecule is O=C(O)/C=C/CCC[C@H](OC(=O)NC(=O)c1ccccc1)c1cc(I)ccc1O. The molecule has 2 rings (SSSR count). The highest BCUT2D eigenvalue weighted by atomic mass is 127. The zero-order valence-electron chi connectivity index (χ0n) is 15.4. The molecule has 0 radical (unpaired) electrons. The second-order valence-corrected chi connectivity index (χ2v) is 7.33. The first-order valence-electron chi connectivity index (χ1n) is 8.81. The van der Waals surface area contributed by atoms with Gasteiger partial charge in [-0.05, 0) is 72.2 Å². The standard InChI is InChI=1S/C21H20INO6/c22-15-11-12-17(24)16(13-15)18(9-5-2-6-10-19(25)26)29-21(28)23-20(27)14-7-3-1-4-8-14/h1,3-4,6-8,10-13,18,24H,2,5,9H2,(H,25,26)(H,23,27,28)/b10-6+/t18-/m0/s1. The molecule has 0 spiro atoms. The zero-order chi connectivity index (χ0) is 21.2. The van der Waals surface area contributed by atoms with Crippen LogP contribution in [0.25, 0.3) is 0 Å². The van der Waals surface area contributed by atoms with Gasteiger partial charge in [0.2, 0.25) is 0 Å². The van der Waals surface area contributed by atoms with Gasteiger partial charge in [0.15, 0.2) is 0 Å². The van der Waals surface area contributed by atoms with Crippen LogP contribution in [0.3, 0.4) is 0 Å². The lowest BCUT2D eigenvalue weighted by Gasteiger charge is -2.19. The molecule has 0 bridgehead atoms. The van der Waals surface area contributed by atoms with Gasteiger partial charge >= 0.3 is 12.1 Å². The highest BCUT2D eigenvalue weighted by Gasteiger charge is 2.21. The number of carboxylic acid groups (broad SMARTS) is 1. The Labute approximate surface area is 181 Å². The van der Waals surface area contributed by atoms with Crippen LogP contribution in [0.2, 0.25) is 0 Å². The molecule has 29 heavy (non-hydrogen) atoms. The third-order valence-electron chi connectivity index (χ3n) is 3.93. The Morgan fingerprint density at radius 2 is 1.86 bits per heavy atom. The summed E-state index contributed by atoms with van der Waals surface area (Å²) in [6.07, 6.45) is 2.14. The summed E-state index contributed by atoms with van der Waals surface area (Å²) in [5.41, 5.74) is 0.735. The van der Waals surface area contributed by atoms with Crippen molar-refractivity contribution in [1.82, 2.24) is 5.32 Å². The molecule has 2 amide bonds. The van der Waals surface area contributed by atoms with Crippen molar-refractivity contribution in [3.05, 3.63) is 75.4 Å². The molecule has 7 nitrogen and oxygen atoms in total. The highest BCUT2D eigenvalue weighted by molar-refractivity contribution is 14.1. The summed E-state index contributed by atoms with van der Waals surface area (Å²) in [7, 11) is 0. The molecule has 0 aliphatic rings. The maximum Gasteiger partial charge on any atom is 0.414 e. The molecule has 0 aromatic heterocycles. The molecular formula is C21H20INO6. The van der Waals surface area contributed by atoms with E-state index in [1.807, 2.05) is 0 Å². The first-order valence-corrected chi connectivity index (χ1v) is 9.89. The van der Waals surface area contributed by atoms with Gasteiger partial charge in [0.1, 0.15) is 11.9 Å². The molecule has 0 saturated heterocycles. The number of nitrogens with one attached hydrogen (secondary N) is 1. The number of carbonyl (C=O) groups is 3. The van der Waals surface area contributed by atoms with E-state index in [9.17, 15) is 19.5 Å². The molecule has 3 N–H and O–H groups in total. The van der Waals surface area contributed by atoms with Crippen molar-refractivity contribution in [2.75, 3.05) is 0 Å². The number of imide groups is 1. The number of benzene rings is 2. The lowest BCUT2D eigenvalue weighted by Crippen LogP contribution is -2.32. The molecule has 8 heteroatoms. The number of rotatable bonds is 8. The number of ether oxygens (including phenoxy) is 1. The van der Waals surface area contributed by atoms with Crippen molar-refractivity contribution in [2.45, 2.75) is 25.4 Å². The topological polar surface area (TPSA) is 113 Å². The van der Waals surface area contributed by atoms with Crippen molar-refractivity contribution in [2.24, 2.45) is 0 Å². The Hall–Kier alpha value is -2.88. The van der Waals surface area contributed by atoms with Gasteiger partial charge in [0, 0.05) is 20.8 Å². The lowest BCUT2D eigenvalue weighted by molar-refractivity contribution is -0.131. The van der Waals surface area contributed by atoms with Crippen LogP contribution < -0.4 is 5.32 Å². The summed E-state index contributed by atoms with van der Waals surface area (Å²) in [4.78, 5) is 34.9. The smallest absolute Gasteiger partial charge is 0.414 e. The maximum atomic E-state index is 12.3. The lowest BCUT2D eigenvalue weighted by atomic mass is 10.0. The number of carboxylic acids is 1. The first-order chi connectivity index (χ1) is 13.9. The van der Waals surface area contributed by atoms with Crippen molar-refractivity contribution >= 4 is 40.6 Å². The predicted molar refractivity (Wildman–Crippen MR) is 115 cm³/mol. The van der Waals surface area contributed by atoms with Crippen LogP contribution in [0.5, 0.6) is 5.75 Å². The average Bonchev–Trinajstić information content (AvgIpc) is 2.69. The number of aliphatic carboxylic acids is 1. The normalized spacial score (nSPS) is 11.8. The monoisotopic (exact) mass is 509 g/mol. The molecule has 1 atom stereocenters. The van der Waals surface area contributed by atoms with Gasteiger partial charge in [-0.25, -0.2) is 9.59 Å².